The molecule has 1 nitrogen and oxygen atoms in total. The van der Waals surface area contributed by atoms with E-state index in [9.17, 15) is 13.6 Å². The number of hydrogen-bond donors (Lipinski definition) is 0. The lowest BCUT2D eigenvalue weighted by atomic mass is 10.0. The Labute approximate surface area is 102 Å². The highest BCUT2D eigenvalue weighted by atomic mass is 35.5. The van der Waals surface area contributed by atoms with E-state index in [0.717, 1.165) is 12.1 Å². The minimum Gasteiger partial charge on any atom is -0.289 e. The molecule has 86 valence electrons. The van der Waals surface area contributed by atoms with Crippen molar-refractivity contribution in [2.75, 3.05) is 0 Å². The predicted molar refractivity (Wildman–Crippen MR) is 61.2 cm³/mol. The van der Waals surface area contributed by atoms with Crippen LogP contribution in [0.25, 0.3) is 0 Å². The molecule has 0 atom stereocenters. The van der Waals surface area contributed by atoms with Crippen LogP contribution < -0.4 is 0 Å². The molecule has 4 heteroatoms. The second-order valence-corrected chi connectivity index (χ2v) is 3.93. The molecule has 0 bridgehead atoms. The molecule has 0 aliphatic carbocycles. The molecule has 0 N–H and O–H groups in total. The van der Waals surface area contributed by atoms with Crippen molar-refractivity contribution in [3.63, 3.8) is 0 Å². The Kier molecular flexibility index (Phi) is 3.20. The fourth-order valence-corrected chi connectivity index (χ4v) is 1.67. The molecule has 0 spiro atoms. The first-order valence-corrected chi connectivity index (χ1v) is 5.20. The molecule has 0 radical (unpaired) electrons. The summed E-state index contributed by atoms with van der Waals surface area (Å²) in [5, 5.41) is 0.149. The molecule has 2 aromatic rings. The number of carbonyl (C=O) groups excluding carboxylic acids is 1. The average molecular weight is 253 g/mol. The van der Waals surface area contributed by atoms with Gasteiger partial charge in [0.05, 0.1) is 0 Å². The topological polar surface area (TPSA) is 17.1 Å². The minimum absolute atomic E-state index is 0.140. The summed E-state index contributed by atoms with van der Waals surface area (Å²) in [7, 11) is 0. The van der Waals surface area contributed by atoms with Crippen LogP contribution in [0.1, 0.15) is 15.9 Å². The van der Waals surface area contributed by atoms with Crippen LogP contribution in [0.2, 0.25) is 5.02 Å². The van der Waals surface area contributed by atoms with E-state index in [0.29, 0.717) is 0 Å². The number of halogens is 3. The van der Waals surface area contributed by atoms with Crippen molar-refractivity contribution < 1.29 is 13.6 Å². The Bertz CT molecular complexity index is 544. The van der Waals surface area contributed by atoms with Crippen molar-refractivity contribution in [3.05, 3.63) is 70.2 Å². The van der Waals surface area contributed by atoms with Gasteiger partial charge in [-0.25, -0.2) is 8.78 Å². The highest BCUT2D eigenvalue weighted by Crippen LogP contribution is 2.17. The van der Waals surface area contributed by atoms with E-state index >= 15 is 0 Å². The van der Waals surface area contributed by atoms with E-state index in [1.807, 2.05) is 0 Å². The van der Waals surface area contributed by atoms with Crippen LogP contribution in [-0.2, 0) is 0 Å². The normalized spacial score (nSPS) is 10.3. The van der Waals surface area contributed by atoms with Gasteiger partial charge in [-0.1, -0.05) is 11.6 Å². The van der Waals surface area contributed by atoms with E-state index in [2.05, 4.69) is 0 Å². The van der Waals surface area contributed by atoms with Crippen LogP contribution in [-0.4, -0.2) is 5.78 Å². The summed E-state index contributed by atoms with van der Waals surface area (Å²) in [5.41, 5.74) is 0.426. The van der Waals surface area contributed by atoms with Gasteiger partial charge in [0.25, 0.3) is 0 Å². The number of rotatable bonds is 2. The second-order valence-electron chi connectivity index (χ2n) is 3.49. The van der Waals surface area contributed by atoms with Crippen molar-refractivity contribution in [2.45, 2.75) is 0 Å². The van der Waals surface area contributed by atoms with Crippen LogP contribution in [0.5, 0.6) is 0 Å². The van der Waals surface area contributed by atoms with Gasteiger partial charge >= 0.3 is 0 Å². The fraction of sp³-hybridized carbons (Fsp3) is 0. The van der Waals surface area contributed by atoms with E-state index in [4.69, 9.17) is 11.6 Å². The Morgan fingerprint density at radius 2 is 1.53 bits per heavy atom. The maximum Gasteiger partial charge on any atom is 0.193 e. The predicted octanol–water partition coefficient (Wildman–Crippen LogP) is 3.85. The second kappa shape index (κ2) is 4.63. The van der Waals surface area contributed by atoms with Gasteiger partial charge in [-0.15, -0.1) is 0 Å². The maximum absolute atomic E-state index is 13.1. The number of ketones is 1. The van der Waals surface area contributed by atoms with Crippen LogP contribution in [0.15, 0.2) is 42.5 Å². The van der Waals surface area contributed by atoms with Gasteiger partial charge in [0.15, 0.2) is 5.78 Å². The van der Waals surface area contributed by atoms with Crippen molar-refractivity contribution >= 4 is 17.4 Å². The highest BCUT2D eigenvalue weighted by Gasteiger charge is 2.11. The Morgan fingerprint density at radius 1 is 0.882 bits per heavy atom. The smallest absolute Gasteiger partial charge is 0.193 e. The van der Waals surface area contributed by atoms with E-state index in [-0.39, 0.29) is 16.1 Å². The molecule has 0 saturated carbocycles. The first-order chi connectivity index (χ1) is 8.06. The zero-order chi connectivity index (χ0) is 12.4. The molecule has 17 heavy (non-hydrogen) atoms. The molecule has 0 aliphatic heterocycles. The summed E-state index contributed by atoms with van der Waals surface area (Å²) < 4.78 is 25.8. The quantitative estimate of drug-likeness (QED) is 0.742. The lowest BCUT2D eigenvalue weighted by Gasteiger charge is -2.02. The molecule has 0 amide bonds. The van der Waals surface area contributed by atoms with Gasteiger partial charge < -0.3 is 0 Å². The molecule has 0 fully saturated rings. The lowest BCUT2D eigenvalue weighted by Crippen LogP contribution is -2.01. The highest BCUT2D eigenvalue weighted by molar-refractivity contribution is 6.31. The fourth-order valence-electron chi connectivity index (χ4n) is 1.45. The van der Waals surface area contributed by atoms with Gasteiger partial charge in [0.2, 0.25) is 0 Å². The maximum atomic E-state index is 13.1. The monoisotopic (exact) mass is 252 g/mol. The van der Waals surface area contributed by atoms with Crippen molar-refractivity contribution in [3.8, 4) is 0 Å². The largest absolute Gasteiger partial charge is 0.289 e. The van der Waals surface area contributed by atoms with Crippen LogP contribution >= 0.6 is 11.6 Å². The summed E-state index contributed by atoms with van der Waals surface area (Å²) in [6, 6.07) is 8.62. The third kappa shape index (κ3) is 2.68. The molecule has 0 aliphatic rings. The van der Waals surface area contributed by atoms with Crippen molar-refractivity contribution in [2.24, 2.45) is 0 Å². The minimum atomic E-state index is -0.581. The van der Waals surface area contributed by atoms with Gasteiger partial charge in [-0.3, -0.25) is 4.79 Å². The summed E-state index contributed by atoms with van der Waals surface area (Å²) in [6.07, 6.45) is 0. The lowest BCUT2D eigenvalue weighted by molar-refractivity contribution is 0.103. The summed E-state index contributed by atoms with van der Waals surface area (Å²) in [5.74, 6) is -1.41. The SMILES string of the molecule is O=C(c1ccc(F)cc1)c1cc(F)cc(Cl)c1. The first kappa shape index (κ1) is 11.7. The number of benzene rings is 2. The molecular formula is C13H7ClF2O. The third-order valence-electron chi connectivity index (χ3n) is 2.23. The summed E-state index contributed by atoms with van der Waals surface area (Å²) >= 11 is 5.65. The number of carbonyl (C=O) groups is 1. The number of hydrogen-bond acceptors (Lipinski definition) is 1. The molecule has 0 heterocycles. The van der Waals surface area contributed by atoms with E-state index in [1.54, 1.807) is 0 Å². The molecule has 0 unspecified atom stereocenters. The zero-order valence-corrected chi connectivity index (χ0v) is 9.34. The Morgan fingerprint density at radius 3 is 2.12 bits per heavy atom. The van der Waals surface area contributed by atoms with Gasteiger partial charge in [-0.2, -0.15) is 0 Å². The molecular weight excluding hydrogens is 246 g/mol. The molecule has 2 rings (SSSR count). The zero-order valence-electron chi connectivity index (χ0n) is 8.58. The Hall–Kier alpha value is -1.74. The van der Waals surface area contributed by atoms with Gasteiger partial charge in [0, 0.05) is 16.1 Å². The van der Waals surface area contributed by atoms with Crippen LogP contribution in [0.3, 0.4) is 0 Å². The molecule has 0 aromatic heterocycles. The Balaban J connectivity index is 2.40. The summed E-state index contributed by atoms with van der Waals surface area (Å²) in [4.78, 5) is 11.9. The van der Waals surface area contributed by atoms with Crippen molar-refractivity contribution in [1.29, 1.82) is 0 Å². The average Bonchev–Trinajstić information content (AvgIpc) is 2.28. The third-order valence-corrected chi connectivity index (χ3v) is 2.45. The van der Waals surface area contributed by atoms with Crippen LogP contribution in [0, 0.1) is 11.6 Å². The van der Waals surface area contributed by atoms with E-state index in [1.165, 1.54) is 30.3 Å². The molecule has 0 saturated heterocycles. The summed E-state index contributed by atoms with van der Waals surface area (Å²) in [6.45, 7) is 0. The van der Waals surface area contributed by atoms with Crippen molar-refractivity contribution in [1.82, 2.24) is 0 Å². The van der Waals surface area contributed by atoms with Crippen LogP contribution in [0.4, 0.5) is 8.78 Å². The van der Waals surface area contributed by atoms with Gasteiger partial charge in [0.1, 0.15) is 11.6 Å². The van der Waals surface area contributed by atoms with E-state index < -0.39 is 17.4 Å². The van der Waals surface area contributed by atoms with Gasteiger partial charge in [-0.05, 0) is 42.5 Å². The molecule has 2 aromatic carbocycles. The first-order valence-electron chi connectivity index (χ1n) is 4.82. The standard InChI is InChI=1S/C13H7ClF2O/c14-10-5-9(6-12(16)7-10)13(17)8-1-3-11(15)4-2-8/h1-7H.